The number of hydrogen-bond acceptors (Lipinski definition) is 2. The van der Waals surface area contributed by atoms with Crippen molar-refractivity contribution in [2.45, 2.75) is 12.5 Å². The van der Waals surface area contributed by atoms with Gasteiger partial charge in [-0.05, 0) is 18.1 Å². The summed E-state index contributed by atoms with van der Waals surface area (Å²) in [6, 6.07) is 20.6. The zero-order valence-corrected chi connectivity index (χ0v) is 10.6. The van der Waals surface area contributed by atoms with Gasteiger partial charge in [-0.1, -0.05) is 60.7 Å². The lowest BCUT2D eigenvalue weighted by Crippen LogP contribution is -2.42. The molecule has 0 aliphatic rings. The zero-order valence-electron chi connectivity index (χ0n) is 10.6. The van der Waals surface area contributed by atoms with Gasteiger partial charge in [0.05, 0.1) is 12.1 Å². The van der Waals surface area contributed by atoms with Gasteiger partial charge < -0.3 is 10.4 Å². The van der Waals surface area contributed by atoms with E-state index in [1.807, 2.05) is 36.4 Å². The monoisotopic (exact) mass is 241 g/mol. The molecule has 94 valence electrons. The predicted molar refractivity (Wildman–Crippen MR) is 74.4 cm³/mol. The fourth-order valence-electron chi connectivity index (χ4n) is 2.22. The van der Waals surface area contributed by atoms with Gasteiger partial charge in [-0.15, -0.1) is 0 Å². The second kappa shape index (κ2) is 5.80. The summed E-state index contributed by atoms with van der Waals surface area (Å²) >= 11 is 0. The minimum atomic E-state index is -0.273. The van der Waals surface area contributed by atoms with Crippen molar-refractivity contribution in [3.63, 3.8) is 0 Å². The summed E-state index contributed by atoms with van der Waals surface area (Å²) in [5, 5.41) is 12.5. The maximum absolute atomic E-state index is 9.06. The van der Waals surface area contributed by atoms with Crippen LogP contribution in [0.15, 0.2) is 60.7 Å². The quantitative estimate of drug-likeness (QED) is 0.843. The van der Waals surface area contributed by atoms with Crippen molar-refractivity contribution in [3.05, 3.63) is 71.8 Å². The van der Waals surface area contributed by atoms with E-state index in [0.29, 0.717) is 6.54 Å². The Kier molecular flexibility index (Phi) is 4.13. The Morgan fingerprint density at radius 3 is 1.72 bits per heavy atom. The standard InChI is InChI=1S/C16H19NO/c1-16(17-12-13-18,14-8-4-2-5-9-14)15-10-6-3-7-11-15/h2-11,17-18H,12-13H2,1H3. The molecular formula is C16H19NO. The second-order valence-electron chi connectivity index (χ2n) is 4.51. The average Bonchev–Trinajstić information content (AvgIpc) is 2.46. The fraction of sp³-hybridized carbons (Fsp3) is 0.250. The molecule has 2 nitrogen and oxygen atoms in total. The summed E-state index contributed by atoms with van der Waals surface area (Å²) in [6.07, 6.45) is 0. The molecule has 0 atom stereocenters. The SMILES string of the molecule is CC(NCCO)(c1ccccc1)c1ccccc1. The van der Waals surface area contributed by atoms with Gasteiger partial charge in [0.15, 0.2) is 0 Å². The molecule has 2 rings (SSSR count). The maximum atomic E-state index is 9.06. The Bertz CT molecular complexity index is 427. The molecule has 2 aromatic rings. The number of aliphatic hydroxyl groups is 1. The van der Waals surface area contributed by atoms with E-state index in [-0.39, 0.29) is 12.1 Å². The van der Waals surface area contributed by atoms with Crippen LogP contribution in [0.25, 0.3) is 0 Å². The predicted octanol–water partition coefficient (Wildman–Crippen LogP) is 2.53. The van der Waals surface area contributed by atoms with Gasteiger partial charge >= 0.3 is 0 Å². The van der Waals surface area contributed by atoms with Gasteiger partial charge in [0.2, 0.25) is 0 Å². The first-order valence-corrected chi connectivity index (χ1v) is 6.24. The topological polar surface area (TPSA) is 32.3 Å². The maximum Gasteiger partial charge on any atom is 0.0662 e. The molecule has 0 aliphatic heterocycles. The van der Waals surface area contributed by atoms with Crippen LogP contribution in [0.2, 0.25) is 0 Å². The van der Waals surface area contributed by atoms with E-state index in [4.69, 9.17) is 5.11 Å². The smallest absolute Gasteiger partial charge is 0.0662 e. The molecule has 0 spiro atoms. The van der Waals surface area contributed by atoms with Crippen molar-refractivity contribution in [2.75, 3.05) is 13.2 Å². The van der Waals surface area contributed by atoms with Crippen LogP contribution in [-0.4, -0.2) is 18.3 Å². The summed E-state index contributed by atoms with van der Waals surface area (Å²) in [5.41, 5.74) is 2.12. The number of aliphatic hydroxyl groups excluding tert-OH is 1. The Balaban J connectivity index is 2.41. The van der Waals surface area contributed by atoms with Crippen molar-refractivity contribution in [3.8, 4) is 0 Å². The number of nitrogens with one attached hydrogen (secondary N) is 1. The molecule has 0 aromatic heterocycles. The van der Waals surface area contributed by atoms with Crippen molar-refractivity contribution in [1.82, 2.24) is 5.32 Å². The van der Waals surface area contributed by atoms with E-state index in [1.54, 1.807) is 0 Å². The molecule has 0 unspecified atom stereocenters. The molecule has 18 heavy (non-hydrogen) atoms. The van der Waals surface area contributed by atoms with Crippen molar-refractivity contribution in [2.24, 2.45) is 0 Å². The highest BCUT2D eigenvalue weighted by Crippen LogP contribution is 2.28. The fourth-order valence-corrected chi connectivity index (χ4v) is 2.22. The highest BCUT2D eigenvalue weighted by molar-refractivity contribution is 5.37. The summed E-state index contributed by atoms with van der Waals surface area (Å²) in [4.78, 5) is 0. The van der Waals surface area contributed by atoms with Crippen LogP contribution in [0.1, 0.15) is 18.1 Å². The highest BCUT2D eigenvalue weighted by Gasteiger charge is 2.27. The third-order valence-corrected chi connectivity index (χ3v) is 3.29. The molecule has 2 heteroatoms. The van der Waals surface area contributed by atoms with Gasteiger partial charge in [0, 0.05) is 6.54 Å². The Morgan fingerprint density at radius 2 is 1.33 bits per heavy atom. The molecule has 0 amide bonds. The van der Waals surface area contributed by atoms with Crippen LogP contribution in [0.4, 0.5) is 0 Å². The van der Waals surface area contributed by atoms with Crippen LogP contribution >= 0.6 is 0 Å². The molecule has 2 N–H and O–H groups in total. The summed E-state index contributed by atoms with van der Waals surface area (Å²) in [7, 11) is 0. The third kappa shape index (κ3) is 2.61. The van der Waals surface area contributed by atoms with E-state index in [9.17, 15) is 0 Å². The van der Waals surface area contributed by atoms with E-state index in [0.717, 1.165) is 0 Å². The normalized spacial score (nSPS) is 11.4. The zero-order chi connectivity index (χ0) is 12.8. The highest BCUT2D eigenvalue weighted by atomic mass is 16.3. The molecule has 0 aliphatic carbocycles. The third-order valence-electron chi connectivity index (χ3n) is 3.29. The Morgan fingerprint density at radius 1 is 0.889 bits per heavy atom. The molecule has 0 fully saturated rings. The van der Waals surface area contributed by atoms with Gasteiger partial charge in [-0.2, -0.15) is 0 Å². The number of rotatable bonds is 5. The molecule has 2 aromatic carbocycles. The van der Waals surface area contributed by atoms with Crippen molar-refractivity contribution >= 4 is 0 Å². The lowest BCUT2D eigenvalue weighted by Gasteiger charge is -2.32. The van der Waals surface area contributed by atoms with Crippen molar-refractivity contribution < 1.29 is 5.11 Å². The van der Waals surface area contributed by atoms with Gasteiger partial charge in [-0.3, -0.25) is 0 Å². The minimum absolute atomic E-state index is 0.134. The first-order valence-electron chi connectivity index (χ1n) is 6.24. The molecular weight excluding hydrogens is 222 g/mol. The first kappa shape index (κ1) is 12.8. The van der Waals surface area contributed by atoms with Gasteiger partial charge in [0.25, 0.3) is 0 Å². The van der Waals surface area contributed by atoms with Gasteiger partial charge in [-0.25, -0.2) is 0 Å². The molecule has 0 heterocycles. The van der Waals surface area contributed by atoms with Crippen molar-refractivity contribution in [1.29, 1.82) is 0 Å². The van der Waals surface area contributed by atoms with E-state index < -0.39 is 0 Å². The summed E-state index contributed by atoms with van der Waals surface area (Å²) < 4.78 is 0. The van der Waals surface area contributed by atoms with Crippen LogP contribution in [-0.2, 0) is 5.54 Å². The lowest BCUT2D eigenvalue weighted by molar-refractivity contribution is 0.273. The lowest BCUT2D eigenvalue weighted by atomic mass is 9.84. The largest absolute Gasteiger partial charge is 0.395 e. The Labute approximate surface area is 108 Å². The van der Waals surface area contributed by atoms with Gasteiger partial charge in [0.1, 0.15) is 0 Å². The first-order chi connectivity index (χ1) is 8.77. The summed E-state index contributed by atoms with van der Waals surface area (Å²) in [5.74, 6) is 0. The molecule has 0 saturated carbocycles. The van der Waals surface area contributed by atoms with E-state index >= 15 is 0 Å². The molecule has 0 saturated heterocycles. The van der Waals surface area contributed by atoms with Crippen LogP contribution < -0.4 is 5.32 Å². The number of benzene rings is 2. The van der Waals surface area contributed by atoms with E-state index in [2.05, 4.69) is 36.5 Å². The molecule has 0 bridgehead atoms. The molecule has 0 radical (unpaired) electrons. The number of hydrogen-bond donors (Lipinski definition) is 2. The van der Waals surface area contributed by atoms with Crippen LogP contribution in [0.5, 0.6) is 0 Å². The average molecular weight is 241 g/mol. The Hall–Kier alpha value is -1.64. The second-order valence-corrected chi connectivity index (χ2v) is 4.51. The van der Waals surface area contributed by atoms with E-state index in [1.165, 1.54) is 11.1 Å². The summed E-state index contributed by atoms with van der Waals surface area (Å²) in [6.45, 7) is 2.85. The van der Waals surface area contributed by atoms with Crippen LogP contribution in [0.3, 0.4) is 0 Å². The minimum Gasteiger partial charge on any atom is -0.395 e. The van der Waals surface area contributed by atoms with Crippen LogP contribution in [0, 0.1) is 0 Å².